The van der Waals surface area contributed by atoms with Crippen LogP contribution < -0.4 is 5.73 Å². The summed E-state index contributed by atoms with van der Waals surface area (Å²) in [5.41, 5.74) is 6.91. The van der Waals surface area contributed by atoms with Gasteiger partial charge in [-0.15, -0.1) is 0 Å². The summed E-state index contributed by atoms with van der Waals surface area (Å²) in [6.07, 6.45) is 5.31. The minimum atomic E-state index is -2.84. The van der Waals surface area contributed by atoms with E-state index in [-0.39, 0.29) is 17.0 Å². The molecule has 16 heavy (non-hydrogen) atoms. The first-order chi connectivity index (χ1) is 7.49. The molecule has 1 aliphatic rings. The van der Waals surface area contributed by atoms with E-state index in [0.29, 0.717) is 19.3 Å². The van der Waals surface area contributed by atoms with Gasteiger partial charge in [-0.05, 0) is 30.9 Å². The number of nitrogens with zero attached hydrogens (tertiary/aromatic N) is 1. The predicted octanol–water partition coefficient (Wildman–Crippen LogP) is 0.530. The van der Waals surface area contributed by atoms with Gasteiger partial charge in [0.25, 0.3) is 0 Å². The predicted molar refractivity (Wildman–Crippen MR) is 62.7 cm³/mol. The van der Waals surface area contributed by atoms with Crippen molar-refractivity contribution in [2.45, 2.75) is 24.8 Å². The monoisotopic (exact) mass is 240 g/mol. The molecule has 0 atom stereocenters. The highest BCUT2D eigenvalue weighted by molar-refractivity contribution is 7.91. The van der Waals surface area contributed by atoms with Crippen molar-refractivity contribution in [3.8, 4) is 0 Å². The maximum absolute atomic E-state index is 11.3. The van der Waals surface area contributed by atoms with Gasteiger partial charge in [-0.3, -0.25) is 4.98 Å². The van der Waals surface area contributed by atoms with Crippen molar-refractivity contribution >= 4 is 9.84 Å². The van der Waals surface area contributed by atoms with Gasteiger partial charge in [0.05, 0.1) is 11.5 Å². The molecule has 0 unspecified atom stereocenters. The minimum absolute atomic E-state index is 0.212. The molecule has 1 fully saturated rings. The summed E-state index contributed by atoms with van der Waals surface area (Å²) in [4.78, 5) is 4.04. The first-order valence-electron chi connectivity index (χ1n) is 5.37. The number of hydrogen-bond acceptors (Lipinski definition) is 4. The second-order valence-corrected chi connectivity index (χ2v) is 6.86. The topological polar surface area (TPSA) is 73.0 Å². The smallest absolute Gasteiger partial charge is 0.150 e. The van der Waals surface area contributed by atoms with Gasteiger partial charge in [0, 0.05) is 17.9 Å². The van der Waals surface area contributed by atoms with E-state index in [1.54, 1.807) is 12.4 Å². The van der Waals surface area contributed by atoms with Crippen molar-refractivity contribution in [3.05, 3.63) is 30.1 Å². The third kappa shape index (κ3) is 2.80. The van der Waals surface area contributed by atoms with Gasteiger partial charge in [-0.2, -0.15) is 0 Å². The lowest BCUT2D eigenvalue weighted by atomic mass is 9.87. The Morgan fingerprint density at radius 2 is 2.06 bits per heavy atom. The van der Waals surface area contributed by atoms with E-state index in [9.17, 15) is 8.42 Å². The number of aromatic nitrogens is 1. The fraction of sp³-hybridized carbons (Fsp3) is 0.545. The van der Waals surface area contributed by atoms with Gasteiger partial charge in [-0.25, -0.2) is 8.42 Å². The molecule has 0 radical (unpaired) electrons. The summed E-state index contributed by atoms with van der Waals surface area (Å²) >= 11 is 0. The van der Waals surface area contributed by atoms with Crippen molar-refractivity contribution in [2.24, 2.45) is 5.73 Å². The third-order valence-corrected chi connectivity index (χ3v) is 4.75. The molecule has 0 amide bonds. The molecule has 2 rings (SSSR count). The SMILES string of the molecule is NC1(Cc2cccnc2)CCS(=O)(=O)CC1. The highest BCUT2D eigenvalue weighted by Gasteiger charge is 2.33. The summed E-state index contributed by atoms with van der Waals surface area (Å²) in [5.74, 6) is 0.424. The lowest BCUT2D eigenvalue weighted by Gasteiger charge is -2.33. The molecule has 2 N–H and O–H groups in total. The van der Waals surface area contributed by atoms with Crippen LogP contribution in [0.25, 0.3) is 0 Å². The molecular formula is C11H16N2O2S. The van der Waals surface area contributed by atoms with Crippen LogP contribution in [0.1, 0.15) is 18.4 Å². The normalized spacial score (nSPS) is 22.8. The van der Waals surface area contributed by atoms with E-state index < -0.39 is 9.84 Å². The van der Waals surface area contributed by atoms with E-state index in [1.165, 1.54) is 0 Å². The molecule has 4 nitrogen and oxygen atoms in total. The first-order valence-corrected chi connectivity index (χ1v) is 7.20. The fourth-order valence-electron chi connectivity index (χ4n) is 2.03. The summed E-state index contributed by atoms with van der Waals surface area (Å²) in [6, 6.07) is 3.85. The summed E-state index contributed by atoms with van der Waals surface area (Å²) < 4.78 is 22.6. The van der Waals surface area contributed by atoms with Crippen molar-refractivity contribution in [1.29, 1.82) is 0 Å². The maximum atomic E-state index is 11.3. The molecule has 2 heterocycles. The molecular weight excluding hydrogens is 224 g/mol. The number of sulfone groups is 1. The molecule has 0 aromatic carbocycles. The van der Waals surface area contributed by atoms with Crippen LogP contribution in [0.4, 0.5) is 0 Å². The standard InChI is InChI=1S/C11H16N2O2S/c12-11(3-6-16(14,15)7-4-11)8-10-2-1-5-13-9-10/h1-2,5,9H,3-4,6-8,12H2. The van der Waals surface area contributed by atoms with Gasteiger partial charge >= 0.3 is 0 Å². The van der Waals surface area contributed by atoms with Crippen LogP contribution in [0, 0.1) is 0 Å². The Morgan fingerprint density at radius 3 is 2.62 bits per heavy atom. The quantitative estimate of drug-likeness (QED) is 0.818. The van der Waals surface area contributed by atoms with Gasteiger partial charge in [0.2, 0.25) is 0 Å². The lowest BCUT2D eigenvalue weighted by molar-refractivity contribution is 0.379. The maximum Gasteiger partial charge on any atom is 0.150 e. The molecule has 1 saturated heterocycles. The molecule has 88 valence electrons. The number of hydrogen-bond donors (Lipinski definition) is 1. The Bertz CT molecular complexity index is 442. The molecule has 0 saturated carbocycles. The Labute approximate surface area is 95.8 Å². The molecule has 1 aliphatic heterocycles. The fourth-order valence-corrected chi connectivity index (χ4v) is 3.67. The van der Waals surface area contributed by atoms with E-state index in [2.05, 4.69) is 4.98 Å². The van der Waals surface area contributed by atoms with Crippen LogP contribution in [-0.2, 0) is 16.3 Å². The molecule has 0 bridgehead atoms. The van der Waals surface area contributed by atoms with Crippen LogP contribution in [-0.4, -0.2) is 30.4 Å². The second kappa shape index (κ2) is 4.14. The first kappa shape index (κ1) is 11.5. The summed E-state index contributed by atoms with van der Waals surface area (Å²) in [5, 5.41) is 0. The van der Waals surface area contributed by atoms with Gasteiger partial charge < -0.3 is 5.73 Å². The zero-order valence-electron chi connectivity index (χ0n) is 9.09. The molecule has 1 aromatic rings. The van der Waals surface area contributed by atoms with Crippen LogP contribution >= 0.6 is 0 Å². The molecule has 0 aliphatic carbocycles. The van der Waals surface area contributed by atoms with E-state index in [1.807, 2.05) is 12.1 Å². The van der Waals surface area contributed by atoms with Crippen molar-refractivity contribution < 1.29 is 8.42 Å². The molecule has 5 heteroatoms. The highest BCUT2D eigenvalue weighted by Crippen LogP contribution is 2.24. The summed E-state index contributed by atoms with van der Waals surface area (Å²) in [7, 11) is -2.84. The Hall–Kier alpha value is -0.940. The van der Waals surface area contributed by atoms with E-state index >= 15 is 0 Å². The second-order valence-electron chi connectivity index (χ2n) is 4.55. The minimum Gasteiger partial charge on any atom is -0.325 e. The lowest BCUT2D eigenvalue weighted by Crippen LogP contribution is -2.48. The largest absolute Gasteiger partial charge is 0.325 e. The van der Waals surface area contributed by atoms with Crippen molar-refractivity contribution in [1.82, 2.24) is 4.98 Å². The Morgan fingerprint density at radius 1 is 1.38 bits per heavy atom. The molecule has 1 aromatic heterocycles. The zero-order valence-corrected chi connectivity index (χ0v) is 9.91. The zero-order chi connectivity index (χ0) is 11.6. The number of rotatable bonds is 2. The van der Waals surface area contributed by atoms with Crippen molar-refractivity contribution in [3.63, 3.8) is 0 Å². The van der Waals surface area contributed by atoms with Gasteiger partial charge in [-0.1, -0.05) is 6.07 Å². The number of nitrogens with two attached hydrogens (primary N) is 1. The Kier molecular flexibility index (Phi) is 2.99. The van der Waals surface area contributed by atoms with Gasteiger partial charge in [0.1, 0.15) is 9.84 Å². The van der Waals surface area contributed by atoms with Crippen LogP contribution in [0.15, 0.2) is 24.5 Å². The van der Waals surface area contributed by atoms with Crippen molar-refractivity contribution in [2.75, 3.05) is 11.5 Å². The van der Waals surface area contributed by atoms with Crippen LogP contribution in [0.3, 0.4) is 0 Å². The van der Waals surface area contributed by atoms with Crippen LogP contribution in [0.2, 0.25) is 0 Å². The van der Waals surface area contributed by atoms with Gasteiger partial charge in [0.15, 0.2) is 0 Å². The highest BCUT2D eigenvalue weighted by atomic mass is 32.2. The average Bonchev–Trinajstić information content (AvgIpc) is 2.25. The van der Waals surface area contributed by atoms with Crippen LogP contribution in [0.5, 0.6) is 0 Å². The van der Waals surface area contributed by atoms with E-state index in [4.69, 9.17) is 5.73 Å². The summed E-state index contributed by atoms with van der Waals surface area (Å²) in [6.45, 7) is 0. The van der Waals surface area contributed by atoms with E-state index in [0.717, 1.165) is 5.56 Å². The third-order valence-electron chi connectivity index (χ3n) is 3.10. The molecule has 0 spiro atoms. The Balaban J connectivity index is 2.06. The number of pyridine rings is 1. The average molecular weight is 240 g/mol.